The van der Waals surface area contributed by atoms with E-state index in [0.717, 1.165) is 30.4 Å². The van der Waals surface area contributed by atoms with Crippen LogP contribution in [0.4, 0.5) is 13.2 Å². The van der Waals surface area contributed by atoms with E-state index in [9.17, 15) is 21.6 Å². The fourth-order valence-electron chi connectivity index (χ4n) is 4.22. The molecule has 0 saturated heterocycles. The molecule has 5 aromatic rings. The molecule has 14 heteroatoms. The van der Waals surface area contributed by atoms with Gasteiger partial charge in [0, 0.05) is 12.6 Å². The van der Waals surface area contributed by atoms with Crippen molar-refractivity contribution in [2.75, 3.05) is 0 Å². The molecular weight excluding hydrogens is 625 g/mol. The third-order valence-electron chi connectivity index (χ3n) is 6.54. The Morgan fingerprint density at radius 1 is 0.913 bits per heavy atom. The van der Waals surface area contributed by atoms with Gasteiger partial charge in [0.25, 0.3) is 5.88 Å². The lowest BCUT2D eigenvalue weighted by molar-refractivity contribution is -0.274. The number of rotatable bonds is 14. The van der Waals surface area contributed by atoms with Crippen molar-refractivity contribution in [1.82, 2.24) is 20.0 Å². The summed E-state index contributed by atoms with van der Waals surface area (Å²) in [5, 5.41) is 7.77. The van der Waals surface area contributed by atoms with Gasteiger partial charge in [0.2, 0.25) is 5.89 Å². The van der Waals surface area contributed by atoms with Crippen LogP contribution in [0.25, 0.3) is 12.2 Å². The lowest BCUT2D eigenvalue weighted by Gasteiger charge is -2.08. The molecule has 0 radical (unpaired) electrons. The highest BCUT2D eigenvalue weighted by Gasteiger charge is 2.30. The Bertz CT molecular complexity index is 1850. The number of oxazole rings is 1. The number of aryl methyl sites for hydroxylation is 3. The molecule has 0 fully saturated rings. The van der Waals surface area contributed by atoms with Crippen LogP contribution in [0.5, 0.6) is 17.4 Å². The molecule has 5 rings (SSSR count). The smallest absolute Gasteiger partial charge is 0.487 e. The molecule has 46 heavy (non-hydrogen) atoms. The summed E-state index contributed by atoms with van der Waals surface area (Å²) in [6.07, 6.45) is 3.96. The van der Waals surface area contributed by atoms with Gasteiger partial charge in [-0.25, -0.2) is 9.67 Å². The van der Waals surface area contributed by atoms with Crippen molar-refractivity contribution in [3.8, 4) is 17.4 Å². The molecule has 0 aliphatic heterocycles. The van der Waals surface area contributed by atoms with Crippen LogP contribution in [0, 0.1) is 6.92 Å². The molecule has 0 N–H and O–H groups in total. The van der Waals surface area contributed by atoms with Crippen molar-refractivity contribution < 1.29 is 39.7 Å². The highest BCUT2D eigenvalue weighted by molar-refractivity contribution is 7.87. The quantitative estimate of drug-likeness (QED) is 0.0920. The van der Waals surface area contributed by atoms with Crippen LogP contribution in [0.15, 0.2) is 94.6 Å². The lowest BCUT2D eigenvalue weighted by Crippen LogP contribution is -2.16. The molecule has 0 spiro atoms. The second-order valence-electron chi connectivity index (χ2n) is 10.2. The summed E-state index contributed by atoms with van der Waals surface area (Å²) in [4.78, 5) is 4.38. The average molecular weight is 655 g/mol. The molecule has 0 amide bonds. The summed E-state index contributed by atoms with van der Waals surface area (Å²) >= 11 is 0. The number of unbranched alkanes of at least 4 members (excludes halogenated alkanes) is 1. The van der Waals surface area contributed by atoms with Gasteiger partial charge in [-0.1, -0.05) is 52.3 Å². The van der Waals surface area contributed by atoms with Gasteiger partial charge in [0.15, 0.2) is 0 Å². The molecule has 0 unspecified atom stereocenters. The SMILES string of the molecule is Cc1ccc(S(=O)(=O)Oc2cn(CCCCc3ccc(OCc4coc(C=Cc5ccc(OC(F)(F)F)cc5)n4)cc3)nn2)cc1. The number of alkyl halides is 3. The largest absolute Gasteiger partial charge is 0.573 e. The summed E-state index contributed by atoms with van der Waals surface area (Å²) in [5.74, 6) is 0.614. The maximum Gasteiger partial charge on any atom is 0.573 e. The normalized spacial score (nSPS) is 12.0. The first-order valence-corrected chi connectivity index (χ1v) is 15.5. The molecule has 0 aliphatic rings. The summed E-state index contributed by atoms with van der Waals surface area (Å²) in [5.41, 5.74) is 3.30. The number of benzene rings is 3. The Kier molecular flexibility index (Phi) is 10.1. The fraction of sp³-hybridized carbons (Fsp3) is 0.219. The van der Waals surface area contributed by atoms with Crippen LogP contribution in [-0.4, -0.2) is 34.8 Å². The molecule has 0 saturated carbocycles. The zero-order valence-electron chi connectivity index (χ0n) is 24.6. The van der Waals surface area contributed by atoms with E-state index in [2.05, 4.69) is 20.0 Å². The first kappa shape index (κ1) is 32.3. The van der Waals surface area contributed by atoms with Gasteiger partial charge in [-0.05, 0) is 79.8 Å². The van der Waals surface area contributed by atoms with Gasteiger partial charge in [-0.3, -0.25) is 0 Å². The molecule has 3 aromatic carbocycles. The van der Waals surface area contributed by atoms with Gasteiger partial charge in [0.05, 0.1) is 6.20 Å². The van der Waals surface area contributed by atoms with Crippen LogP contribution >= 0.6 is 0 Å². The van der Waals surface area contributed by atoms with E-state index < -0.39 is 16.5 Å². The minimum atomic E-state index is -4.74. The van der Waals surface area contributed by atoms with Crippen LogP contribution in [0.2, 0.25) is 0 Å². The summed E-state index contributed by atoms with van der Waals surface area (Å²) in [6.45, 7) is 2.61. The Balaban J connectivity index is 1.01. The lowest BCUT2D eigenvalue weighted by atomic mass is 10.1. The molecule has 240 valence electrons. The van der Waals surface area contributed by atoms with Crippen LogP contribution < -0.4 is 13.7 Å². The molecule has 0 bridgehead atoms. The highest BCUT2D eigenvalue weighted by Crippen LogP contribution is 2.23. The number of hydrogen-bond donors (Lipinski definition) is 0. The number of hydrogen-bond acceptors (Lipinski definition) is 9. The van der Waals surface area contributed by atoms with Crippen LogP contribution in [0.3, 0.4) is 0 Å². The van der Waals surface area contributed by atoms with Gasteiger partial charge < -0.3 is 18.1 Å². The third-order valence-corrected chi connectivity index (χ3v) is 7.78. The third kappa shape index (κ3) is 9.69. The number of ether oxygens (including phenoxy) is 2. The summed E-state index contributed by atoms with van der Waals surface area (Å²) < 4.78 is 83.5. The van der Waals surface area contributed by atoms with Gasteiger partial charge in [0.1, 0.15) is 35.0 Å². The van der Waals surface area contributed by atoms with Gasteiger partial charge >= 0.3 is 16.5 Å². The van der Waals surface area contributed by atoms with E-state index in [-0.39, 0.29) is 23.1 Å². The Hall–Kier alpha value is -5.11. The van der Waals surface area contributed by atoms with Crippen molar-refractivity contribution in [3.63, 3.8) is 0 Å². The number of halogens is 3. The molecule has 0 aliphatic carbocycles. The maximum atomic E-state index is 12.4. The first-order chi connectivity index (χ1) is 22.0. The molecule has 2 aromatic heterocycles. The molecular formula is C32H29F3N4O6S. The molecule has 10 nitrogen and oxygen atoms in total. The second-order valence-corrected chi connectivity index (χ2v) is 11.7. The standard InChI is InChI=1S/C32H29F3N4O6S/c1-23-5-16-29(17-6-23)46(40,41)45-31-20-39(38-37-31)19-3-2-4-24-7-12-27(13-8-24)42-21-26-22-43-30(36-26)18-11-25-9-14-28(15-10-25)44-32(33,34)35/h5-18,20,22H,2-4,19,21H2,1H3. The Morgan fingerprint density at radius 3 is 2.35 bits per heavy atom. The highest BCUT2D eigenvalue weighted by atomic mass is 32.2. The monoisotopic (exact) mass is 654 g/mol. The second kappa shape index (κ2) is 14.3. The van der Waals surface area contributed by atoms with Crippen molar-refractivity contribution in [1.29, 1.82) is 0 Å². The van der Waals surface area contributed by atoms with Gasteiger partial charge in [-0.15, -0.1) is 13.2 Å². The summed E-state index contributed by atoms with van der Waals surface area (Å²) in [6, 6.07) is 19.5. The minimum absolute atomic E-state index is 0.0513. The van der Waals surface area contributed by atoms with Crippen LogP contribution in [-0.2, 0) is 29.7 Å². The summed E-state index contributed by atoms with van der Waals surface area (Å²) in [7, 11) is -3.98. The fourth-order valence-corrected chi connectivity index (χ4v) is 5.09. The van der Waals surface area contributed by atoms with E-state index in [1.807, 2.05) is 31.2 Å². The van der Waals surface area contributed by atoms with Crippen molar-refractivity contribution in [3.05, 3.63) is 114 Å². The number of aromatic nitrogens is 4. The Labute approximate surface area is 263 Å². The molecule has 2 heterocycles. The zero-order chi connectivity index (χ0) is 32.6. The van der Waals surface area contributed by atoms with Crippen molar-refractivity contribution >= 4 is 22.3 Å². The van der Waals surface area contributed by atoms with E-state index in [0.29, 0.717) is 29.4 Å². The van der Waals surface area contributed by atoms with Gasteiger partial charge in [-0.2, -0.15) is 8.42 Å². The van der Waals surface area contributed by atoms with Crippen LogP contribution in [0.1, 0.15) is 41.1 Å². The first-order valence-electron chi connectivity index (χ1n) is 14.1. The van der Waals surface area contributed by atoms with E-state index in [4.69, 9.17) is 13.3 Å². The van der Waals surface area contributed by atoms with Crippen molar-refractivity contribution in [2.24, 2.45) is 0 Å². The Morgan fingerprint density at radius 2 is 1.63 bits per heavy atom. The van der Waals surface area contributed by atoms with E-state index in [1.165, 1.54) is 48.9 Å². The van der Waals surface area contributed by atoms with Crippen molar-refractivity contribution in [2.45, 2.75) is 50.6 Å². The van der Waals surface area contributed by atoms with E-state index >= 15 is 0 Å². The minimum Gasteiger partial charge on any atom is -0.487 e. The topological polar surface area (TPSA) is 119 Å². The average Bonchev–Trinajstić information content (AvgIpc) is 3.67. The predicted molar refractivity (Wildman–Crippen MR) is 161 cm³/mol. The molecule has 0 atom stereocenters. The van der Waals surface area contributed by atoms with E-state index in [1.54, 1.807) is 29.0 Å². The zero-order valence-corrected chi connectivity index (χ0v) is 25.4. The predicted octanol–water partition coefficient (Wildman–Crippen LogP) is 7.01. The number of nitrogens with zero attached hydrogens (tertiary/aromatic N) is 4. The maximum absolute atomic E-state index is 12.4.